The second-order valence-corrected chi connectivity index (χ2v) is 6.05. The summed E-state index contributed by atoms with van der Waals surface area (Å²) in [6, 6.07) is 13.6. The first-order valence-electron chi connectivity index (χ1n) is 8.50. The van der Waals surface area contributed by atoms with Gasteiger partial charge in [0.25, 0.3) is 5.91 Å². The summed E-state index contributed by atoms with van der Waals surface area (Å²) >= 11 is 0. The summed E-state index contributed by atoms with van der Waals surface area (Å²) in [4.78, 5) is 32.4. The monoisotopic (exact) mass is 376 g/mol. The van der Waals surface area contributed by atoms with Crippen LogP contribution in [-0.4, -0.2) is 28.5 Å². The fourth-order valence-electron chi connectivity index (χ4n) is 2.66. The number of ketones is 1. The van der Waals surface area contributed by atoms with Crippen LogP contribution in [0.4, 0.5) is 17.3 Å². The van der Waals surface area contributed by atoms with Crippen LogP contribution < -0.4 is 20.1 Å². The van der Waals surface area contributed by atoms with E-state index in [0.717, 1.165) is 0 Å². The Morgan fingerprint density at radius 2 is 1.86 bits per heavy atom. The fourth-order valence-corrected chi connectivity index (χ4v) is 2.66. The second kappa shape index (κ2) is 7.36. The van der Waals surface area contributed by atoms with Gasteiger partial charge in [-0.05, 0) is 37.3 Å². The van der Waals surface area contributed by atoms with Gasteiger partial charge in [-0.1, -0.05) is 12.1 Å². The van der Waals surface area contributed by atoms with Crippen LogP contribution in [0.1, 0.15) is 27.8 Å². The molecule has 1 amide bonds. The number of rotatable bonds is 5. The van der Waals surface area contributed by atoms with Gasteiger partial charge in [0.05, 0.1) is 0 Å². The number of ether oxygens (including phenoxy) is 2. The van der Waals surface area contributed by atoms with Crippen LogP contribution in [0.3, 0.4) is 0 Å². The molecule has 0 saturated heterocycles. The molecule has 0 spiro atoms. The summed E-state index contributed by atoms with van der Waals surface area (Å²) in [5.41, 5.74) is 1.93. The van der Waals surface area contributed by atoms with E-state index in [1.54, 1.807) is 42.5 Å². The minimum absolute atomic E-state index is 0.0756. The fraction of sp³-hybridized carbons (Fsp3) is 0.100. The normalized spacial score (nSPS) is 11.8. The Balaban J connectivity index is 1.49. The Bertz CT molecular complexity index is 1070. The predicted molar refractivity (Wildman–Crippen MR) is 102 cm³/mol. The highest BCUT2D eigenvalue weighted by Gasteiger charge is 2.14. The van der Waals surface area contributed by atoms with Gasteiger partial charge >= 0.3 is 0 Å². The number of hydrogen-bond acceptors (Lipinski definition) is 7. The lowest BCUT2D eigenvalue weighted by atomic mass is 10.1. The Kier molecular flexibility index (Phi) is 4.59. The Morgan fingerprint density at radius 3 is 2.71 bits per heavy atom. The van der Waals surface area contributed by atoms with Crippen molar-refractivity contribution in [2.24, 2.45) is 0 Å². The number of carbonyl (C=O) groups is 2. The van der Waals surface area contributed by atoms with Crippen molar-refractivity contribution in [3.8, 4) is 11.5 Å². The third kappa shape index (κ3) is 3.75. The third-order valence-corrected chi connectivity index (χ3v) is 4.04. The summed E-state index contributed by atoms with van der Waals surface area (Å²) in [5, 5.41) is 5.77. The molecular weight excluding hydrogens is 360 g/mol. The van der Waals surface area contributed by atoms with E-state index in [9.17, 15) is 9.59 Å². The van der Waals surface area contributed by atoms with Crippen molar-refractivity contribution in [2.75, 3.05) is 17.4 Å². The zero-order chi connectivity index (χ0) is 19.5. The highest BCUT2D eigenvalue weighted by atomic mass is 16.7. The number of hydrogen-bond donors (Lipinski definition) is 2. The van der Waals surface area contributed by atoms with Gasteiger partial charge in [0.2, 0.25) is 12.7 Å². The molecule has 2 aromatic carbocycles. The van der Waals surface area contributed by atoms with Crippen molar-refractivity contribution in [1.29, 1.82) is 0 Å². The summed E-state index contributed by atoms with van der Waals surface area (Å²) in [5.74, 6) is 1.09. The molecule has 0 radical (unpaired) electrons. The Labute approximate surface area is 160 Å². The van der Waals surface area contributed by atoms with Crippen molar-refractivity contribution in [3.05, 3.63) is 66.0 Å². The van der Waals surface area contributed by atoms with E-state index in [1.807, 2.05) is 0 Å². The number of Topliss-reactive ketones (excluding diaryl/α,β-unsaturated/α-hetero) is 1. The molecule has 0 atom stereocenters. The average Bonchev–Trinajstić information content (AvgIpc) is 3.16. The molecular formula is C20H16N4O4. The summed E-state index contributed by atoms with van der Waals surface area (Å²) in [7, 11) is 0. The van der Waals surface area contributed by atoms with Crippen LogP contribution in [0.5, 0.6) is 11.5 Å². The van der Waals surface area contributed by atoms with Gasteiger partial charge < -0.3 is 20.1 Å². The smallest absolute Gasteiger partial charge is 0.274 e. The Hall–Kier alpha value is -3.94. The first kappa shape index (κ1) is 17.5. The molecule has 4 rings (SSSR count). The minimum atomic E-state index is -0.406. The van der Waals surface area contributed by atoms with Gasteiger partial charge in [-0.15, -0.1) is 0 Å². The largest absolute Gasteiger partial charge is 0.454 e. The van der Waals surface area contributed by atoms with E-state index in [2.05, 4.69) is 20.6 Å². The molecule has 3 aromatic rings. The number of carbonyl (C=O) groups excluding carboxylic acids is 2. The number of benzene rings is 2. The molecule has 0 unspecified atom stereocenters. The topological polar surface area (TPSA) is 102 Å². The minimum Gasteiger partial charge on any atom is -0.454 e. The van der Waals surface area contributed by atoms with Gasteiger partial charge in [0, 0.05) is 29.2 Å². The number of nitrogens with one attached hydrogen (secondary N) is 2. The lowest BCUT2D eigenvalue weighted by Gasteiger charge is -2.08. The SMILES string of the molecule is CC(=O)c1cccc(NC(=O)c2ccnc(Nc3ccc4c(c3)OCO4)n2)c1. The molecule has 0 fully saturated rings. The van der Waals surface area contributed by atoms with Gasteiger partial charge in [0.15, 0.2) is 17.3 Å². The van der Waals surface area contributed by atoms with Crippen molar-refractivity contribution < 1.29 is 19.1 Å². The molecule has 8 nitrogen and oxygen atoms in total. The van der Waals surface area contributed by atoms with Crippen LogP contribution >= 0.6 is 0 Å². The quantitative estimate of drug-likeness (QED) is 0.658. The van der Waals surface area contributed by atoms with Crippen molar-refractivity contribution in [2.45, 2.75) is 6.92 Å². The molecule has 0 aliphatic carbocycles. The van der Waals surface area contributed by atoms with Crippen LogP contribution in [0.25, 0.3) is 0 Å². The lowest BCUT2D eigenvalue weighted by Crippen LogP contribution is -2.15. The van der Waals surface area contributed by atoms with Crippen molar-refractivity contribution in [1.82, 2.24) is 9.97 Å². The molecule has 1 aliphatic rings. The van der Waals surface area contributed by atoms with E-state index in [-0.39, 0.29) is 24.2 Å². The standard InChI is InChI=1S/C20H16N4O4/c1-12(25)13-3-2-4-14(9-13)22-19(26)16-7-8-21-20(24-16)23-15-5-6-17-18(10-15)28-11-27-17/h2-10H,11H2,1H3,(H,22,26)(H,21,23,24). The van der Waals surface area contributed by atoms with E-state index in [1.165, 1.54) is 19.2 Å². The maximum atomic E-state index is 12.5. The third-order valence-electron chi connectivity index (χ3n) is 4.04. The second-order valence-electron chi connectivity index (χ2n) is 6.05. The van der Waals surface area contributed by atoms with E-state index in [4.69, 9.17) is 9.47 Å². The number of amides is 1. The van der Waals surface area contributed by atoms with E-state index in [0.29, 0.717) is 28.4 Å². The first-order chi connectivity index (χ1) is 13.6. The molecule has 0 saturated carbocycles. The van der Waals surface area contributed by atoms with Crippen LogP contribution in [0, 0.1) is 0 Å². The molecule has 0 bridgehead atoms. The molecule has 2 N–H and O–H groups in total. The summed E-state index contributed by atoms with van der Waals surface area (Å²) in [6.45, 7) is 1.66. The summed E-state index contributed by atoms with van der Waals surface area (Å²) in [6.07, 6.45) is 1.49. The van der Waals surface area contributed by atoms with Crippen molar-refractivity contribution in [3.63, 3.8) is 0 Å². The zero-order valence-electron chi connectivity index (χ0n) is 14.9. The van der Waals surface area contributed by atoms with Crippen LogP contribution in [0.15, 0.2) is 54.7 Å². The van der Waals surface area contributed by atoms with Gasteiger partial charge in [-0.2, -0.15) is 0 Å². The number of anilines is 3. The molecule has 2 heterocycles. The Morgan fingerprint density at radius 1 is 1.00 bits per heavy atom. The molecule has 8 heteroatoms. The van der Waals surface area contributed by atoms with Crippen molar-refractivity contribution >= 4 is 29.0 Å². The van der Waals surface area contributed by atoms with Gasteiger partial charge in [0.1, 0.15) is 5.69 Å². The van der Waals surface area contributed by atoms with E-state index < -0.39 is 5.91 Å². The van der Waals surface area contributed by atoms with Gasteiger partial charge in [-0.25, -0.2) is 9.97 Å². The predicted octanol–water partition coefficient (Wildman–Crippen LogP) is 3.40. The highest BCUT2D eigenvalue weighted by molar-refractivity contribution is 6.04. The average molecular weight is 376 g/mol. The molecule has 1 aromatic heterocycles. The molecule has 140 valence electrons. The lowest BCUT2D eigenvalue weighted by molar-refractivity contribution is 0.100. The first-order valence-corrected chi connectivity index (χ1v) is 8.50. The van der Waals surface area contributed by atoms with Crippen LogP contribution in [-0.2, 0) is 0 Å². The molecule has 1 aliphatic heterocycles. The maximum absolute atomic E-state index is 12.5. The number of fused-ring (bicyclic) bond motifs is 1. The number of aromatic nitrogens is 2. The summed E-state index contributed by atoms with van der Waals surface area (Å²) < 4.78 is 10.6. The number of nitrogens with zero attached hydrogens (tertiary/aromatic N) is 2. The molecule has 28 heavy (non-hydrogen) atoms. The van der Waals surface area contributed by atoms with E-state index >= 15 is 0 Å². The zero-order valence-corrected chi connectivity index (χ0v) is 14.9. The van der Waals surface area contributed by atoms with Crippen LogP contribution in [0.2, 0.25) is 0 Å². The highest BCUT2D eigenvalue weighted by Crippen LogP contribution is 2.34. The van der Waals surface area contributed by atoms with Gasteiger partial charge in [-0.3, -0.25) is 9.59 Å². The maximum Gasteiger partial charge on any atom is 0.274 e.